The number of hydrogen-bond donors (Lipinski definition) is 1. The van der Waals surface area contributed by atoms with Crippen LogP contribution in [0.25, 0.3) is 0 Å². The van der Waals surface area contributed by atoms with E-state index < -0.39 is 28.5 Å². The summed E-state index contributed by atoms with van der Waals surface area (Å²) in [5.74, 6) is -0.731. The van der Waals surface area contributed by atoms with Gasteiger partial charge in [0.2, 0.25) is 11.8 Å². The van der Waals surface area contributed by atoms with E-state index in [1.807, 2.05) is 38.1 Å². The molecule has 0 unspecified atom stereocenters. The SMILES string of the molecule is CC[C@@H](C(=O)NC1CCCCC1)N(Cc1cccc(C)c1)C(=O)CN(c1ccc(Cl)c(Cl)c1)S(=O)(=O)c1ccccc1. The van der Waals surface area contributed by atoms with Crippen LogP contribution in [0.3, 0.4) is 0 Å². The third-order valence-corrected chi connectivity index (χ3v) is 10.1. The highest BCUT2D eigenvalue weighted by molar-refractivity contribution is 7.92. The van der Waals surface area contributed by atoms with Crippen LogP contribution in [0.4, 0.5) is 5.69 Å². The fourth-order valence-electron chi connectivity index (χ4n) is 5.36. The average molecular weight is 631 g/mol. The molecular weight excluding hydrogens is 593 g/mol. The van der Waals surface area contributed by atoms with E-state index in [1.54, 1.807) is 18.2 Å². The van der Waals surface area contributed by atoms with Crippen LogP contribution < -0.4 is 9.62 Å². The molecule has 3 aromatic carbocycles. The van der Waals surface area contributed by atoms with Gasteiger partial charge in [0.1, 0.15) is 12.6 Å². The minimum atomic E-state index is -4.18. The van der Waals surface area contributed by atoms with E-state index in [4.69, 9.17) is 23.2 Å². The van der Waals surface area contributed by atoms with E-state index in [9.17, 15) is 18.0 Å². The predicted octanol–water partition coefficient (Wildman–Crippen LogP) is 6.75. The Kier molecular flexibility index (Phi) is 10.9. The molecule has 7 nitrogen and oxygen atoms in total. The normalized spacial score (nSPS) is 14.7. The Morgan fingerprint density at radius 1 is 0.929 bits per heavy atom. The predicted molar refractivity (Wildman–Crippen MR) is 168 cm³/mol. The zero-order valence-corrected chi connectivity index (χ0v) is 26.3. The van der Waals surface area contributed by atoms with Crippen molar-refractivity contribution in [1.82, 2.24) is 10.2 Å². The molecule has 4 rings (SSSR count). The first-order valence-electron chi connectivity index (χ1n) is 14.3. The summed E-state index contributed by atoms with van der Waals surface area (Å²) in [6.45, 7) is 3.44. The topological polar surface area (TPSA) is 86.8 Å². The Bertz CT molecular complexity index is 1490. The molecule has 1 aliphatic rings. The maximum absolute atomic E-state index is 14.2. The van der Waals surface area contributed by atoms with Gasteiger partial charge in [-0.05, 0) is 62.1 Å². The number of aryl methyl sites for hydroxylation is 1. The third kappa shape index (κ3) is 7.85. The largest absolute Gasteiger partial charge is 0.352 e. The fraction of sp³-hybridized carbons (Fsp3) is 0.375. The summed E-state index contributed by atoms with van der Waals surface area (Å²) >= 11 is 12.4. The lowest BCUT2D eigenvalue weighted by atomic mass is 9.95. The molecule has 1 aliphatic carbocycles. The zero-order chi connectivity index (χ0) is 30.3. The number of carbonyl (C=O) groups is 2. The second kappa shape index (κ2) is 14.4. The molecule has 1 saturated carbocycles. The van der Waals surface area contributed by atoms with E-state index in [1.165, 1.54) is 35.2 Å². The van der Waals surface area contributed by atoms with Crippen LogP contribution in [0.5, 0.6) is 0 Å². The summed E-state index contributed by atoms with van der Waals surface area (Å²) in [5, 5.41) is 3.58. The lowest BCUT2D eigenvalue weighted by Gasteiger charge is -2.34. The Hall–Kier alpha value is -3.07. The molecule has 0 saturated heterocycles. The molecule has 3 aromatic rings. The highest BCUT2D eigenvalue weighted by Gasteiger charge is 2.34. The Morgan fingerprint density at radius 2 is 1.64 bits per heavy atom. The first kappa shape index (κ1) is 31.9. The van der Waals surface area contributed by atoms with Crippen LogP contribution in [0.1, 0.15) is 56.6 Å². The molecule has 0 bridgehead atoms. The molecule has 1 atom stereocenters. The monoisotopic (exact) mass is 629 g/mol. The molecular formula is C32H37Cl2N3O4S. The van der Waals surface area contributed by atoms with Gasteiger partial charge >= 0.3 is 0 Å². The molecule has 0 radical (unpaired) electrons. The molecule has 1 fully saturated rings. The van der Waals surface area contributed by atoms with E-state index in [0.29, 0.717) is 6.42 Å². The standard InChI is InChI=1S/C32H37Cl2N3O4S/c1-3-30(32(39)35-25-13-6-4-7-14-25)36(21-24-12-10-11-23(2)19-24)31(38)22-37(26-17-18-28(33)29(34)20-26)42(40,41)27-15-8-5-9-16-27/h5,8-12,15-20,25,30H,3-4,6-7,13-14,21-22H2,1-2H3,(H,35,39)/t30-/m0/s1. The van der Waals surface area contributed by atoms with Crippen molar-refractivity contribution in [1.29, 1.82) is 0 Å². The van der Waals surface area contributed by atoms with Gasteiger partial charge in [0, 0.05) is 12.6 Å². The molecule has 0 spiro atoms. The Balaban J connectivity index is 1.71. The van der Waals surface area contributed by atoms with Gasteiger partial charge in [-0.2, -0.15) is 0 Å². The summed E-state index contributed by atoms with van der Waals surface area (Å²) in [4.78, 5) is 29.4. The van der Waals surface area contributed by atoms with E-state index in [2.05, 4.69) is 5.32 Å². The summed E-state index contributed by atoms with van der Waals surface area (Å²) in [6, 6.07) is 19.3. The van der Waals surface area contributed by atoms with Crippen molar-refractivity contribution in [2.24, 2.45) is 0 Å². The maximum Gasteiger partial charge on any atom is 0.264 e. The summed E-state index contributed by atoms with van der Waals surface area (Å²) in [5.41, 5.74) is 2.06. The molecule has 1 N–H and O–H groups in total. The average Bonchev–Trinajstić information content (AvgIpc) is 2.98. The minimum Gasteiger partial charge on any atom is -0.352 e. The van der Waals surface area contributed by atoms with Crippen LogP contribution in [-0.4, -0.2) is 43.8 Å². The van der Waals surface area contributed by atoms with E-state index in [0.717, 1.165) is 47.5 Å². The second-order valence-electron chi connectivity index (χ2n) is 10.7. The van der Waals surface area contributed by atoms with Gasteiger partial charge in [-0.3, -0.25) is 13.9 Å². The molecule has 0 aromatic heterocycles. The molecule has 10 heteroatoms. The van der Waals surface area contributed by atoms with Crippen molar-refractivity contribution in [3.05, 3.63) is 94.0 Å². The van der Waals surface area contributed by atoms with Gasteiger partial charge in [0.15, 0.2) is 0 Å². The summed E-state index contributed by atoms with van der Waals surface area (Å²) in [6.07, 6.45) is 5.46. The van der Waals surface area contributed by atoms with Gasteiger partial charge in [-0.15, -0.1) is 0 Å². The number of carbonyl (C=O) groups excluding carboxylic acids is 2. The van der Waals surface area contributed by atoms with Crippen LogP contribution in [-0.2, 0) is 26.2 Å². The summed E-state index contributed by atoms with van der Waals surface area (Å²) in [7, 11) is -4.18. The van der Waals surface area contributed by atoms with Crippen molar-refractivity contribution in [2.75, 3.05) is 10.8 Å². The summed E-state index contributed by atoms with van der Waals surface area (Å²) < 4.78 is 28.9. The number of sulfonamides is 1. The van der Waals surface area contributed by atoms with Crippen LogP contribution in [0.15, 0.2) is 77.7 Å². The number of rotatable bonds is 11. The highest BCUT2D eigenvalue weighted by atomic mass is 35.5. The molecule has 2 amide bonds. The quantitative estimate of drug-likeness (QED) is 0.254. The fourth-order valence-corrected chi connectivity index (χ4v) is 7.08. The molecule has 224 valence electrons. The Labute approximate surface area is 258 Å². The van der Waals surface area contributed by atoms with Gasteiger partial charge in [0.05, 0.1) is 20.6 Å². The van der Waals surface area contributed by atoms with Crippen molar-refractivity contribution in [2.45, 2.75) is 75.9 Å². The zero-order valence-electron chi connectivity index (χ0n) is 23.9. The van der Waals surface area contributed by atoms with Gasteiger partial charge in [-0.1, -0.05) is 97.4 Å². The molecule has 42 heavy (non-hydrogen) atoms. The number of halogens is 2. The molecule has 0 heterocycles. The highest BCUT2D eigenvalue weighted by Crippen LogP contribution is 2.31. The van der Waals surface area contributed by atoms with Crippen LogP contribution in [0, 0.1) is 6.92 Å². The van der Waals surface area contributed by atoms with Crippen molar-refractivity contribution in [3.63, 3.8) is 0 Å². The minimum absolute atomic E-state index is 0.0242. The Morgan fingerprint density at radius 3 is 2.29 bits per heavy atom. The second-order valence-corrected chi connectivity index (χ2v) is 13.4. The number of nitrogens with one attached hydrogen (secondary N) is 1. The van der Waals surface area contributed by atoms with Crippen molar-refractivity contribution in [3.8, 4) is 0 Å². The van der Waals surface area contributed by atoms with Crippen LogP contribution >= 0.6 is 23.2 Å². The maximum atomic E-state index is 14.2. The van der Waals surface area contributed by atoms with Crippen molar-refractivity contribution >= 4 is 50.7 Å². The number of hydrogen-bond acceptors (Lipinski definition) is 4. The van der Waals surface area contributed by atoms with Crippen molar-refractivity contribution < 1.29 is 18.0 Å². The van der Waals surface area contributed by atoms with E-state index in [-0.39, 0.29) is 39.1 Å². The number of benzene rings is 3. The third-order valence-electron chi connectivity index (χ3n) is 7.57. The molecule has 0 aliphatic heterocycles. The smallest absolute Gasteiger partial charge is 0.264 e. The first-order valence-corrected chi connectivity index (χ1v) is 16.5. The lowest BCUT2D eigenvalue weighted by molar-refractivity contribution is -0.140. The van der Waals surface area contributed by atoms with E-state index >= 15 is 0 Å². The number of nitrogens with zero attached hydrogens (tertiary/aromatic N) is 2. The number of anilines is 1. The van der Waals surface area contributed by atoms with Gasteiger partial charge < -0.3 is 10.2 Å². The van der Waals surface area contributed by atoms with Gasteiger partial charge in [0.25, 0.3) is 10.0 Å². The number of amides is 2. The van der Waals surface area contributed by atoms with Crippen LogP contribution in [0.2, 0.25) is 10.0 Å². The van der Waals surface area contributed by atoms with Gasteiger partial charge in [-0.25, -0.2) is 8.42 Å². The first-order chi connectivity index (χ1) is 20.1. The lowest BCUT2D eigenvalue weighted by Crippen LogP contribution is -2.54.